The maximum atomic E-state index is 4.39. The second-order valence-electron chi connectivity index (χ2n) is 3.49. The second-order valence-corrected chi connectivity index (χ2v) is 3.49. The third-order valence-electron chi connectivity index (χ3n) is 2.38. The van der Waals surface area contributed by atoms with Gasteiger partial charge in [0.25, 0.3) is 0 Å². The fraction of sp³-hybridized carbons (Fsp3) is 0.231. The monoisotopic (exact) mass is 241 g/mol. The van der Waals surface area contributed by atoms with Gasteiger partial charge in [-0.15, -0.1) is 0 Å². The molecule has 0 aliphatic rings. The lowest BCUT2D eigenvalue weighted by Crippen LogP contribution is -1.87. The molecule has 0 bridgehead atoms. The fourth-order valence-corrected chi connectivity index (χ4v) is 1.61. The normalized spacial score (nSPS) is 9.94. The highest BCUT2D eigenvalue weighted by Gasteiger charge is 2.09. The van der Waals surface area contributed by atoms with Crippen LogP contribution in [-0.4, -0.2) is 25.1 Å². The summed E-state index contributed by atoms with van der Waals surface area (Å²) in [5, 5.41) is 7.17. The molecule has 0 unspecified atom stereocenters. The molecule has 18 heavy (non-hydrogen) atoms. The number of aromatic amines is 1. The van der Waals surface area contributed by atoms with E-state index in [1.54, 1.807) is 18.6 Å². The molecule has 0 fully saturated rings. The van der Waals surface area contributed by atoms with Crippen molar-refractivity contribution in [3.63, 3.8) is 0 Å². The van der Waals surface area contributed by atoms with E-state index < -0.39 is 0 Å². The summed E-state index contributed by atoms with van der Waals surface area (Å²) in [5.41, 5.74) is 3.53. The Morgan fingerprint density at radius 3 is 2.56 bits per heavy atom. The first-order valence-electron chi connectivity index (χ1n) is 5.93. The van der Waals surface area contributed by atoms with Gasteiger partial charge in [-0.2, -0.15) is 5.10 Å². The Morgan fingerprint density at radius 2 is 1.83 bits per heavy atom. The van der Waals surface area contributed by atoms with Crippen LogP contribution in [0.15, 0.2) is 30.7 Å². The van der Waals surface area contributed by atoms with Gasteiger partial charge in [-0.05, 0) is 19.1 Å². The van der Waals surface area contributed by atoms with Crippen LogP contribution < -0.4 is 0 Å². The number of hydrogen-bond acceptors (Lipinski definition) is 4. The van der Waals surface area contributed by atoms with Crippen LogP contribution >= 0.6 is 0 Å². The molecule has 0 saturated heterocycles. The topological polar surface area (TPSA) is 67.3 Å². The summed E-state index contributed by atoms with van der Waals surface area (Å²) in [6, 6.07) is 3.82. The van der Waals surface area contributed by atoms with Crippen LogP contribution in [0.5, 0.6) is 0 Å². The van der Waals surface area contributed by atoms with E-state index in [1.807, 2.05) is 32.9 Å². The summed E-state index contributed by atoms with van der Waals surface area (Å²) >= 11 is 0. The molecule has 3 rings (SSSR count). The molecule has 0 radical (unpaired) electrons. The SMILES string of the molecule is CC.Cc1ncc2[nH]nc(-c3ccncc3)c2n1. The van der Waals surface area contributed by atoms with Gasteiger partial charge in [0.2, 0.25) is 0 Å². The van der Waals surface area contributed by atoms with Gasteiger partial charge in [0.1, 0.15) is 22.6 Å². The van der Waals surface area contributed by atoms with Crippen LogP contribution in [0.1, 0.15) is 19.7 Å². The number of nitrogens with one attached hydrogen (secondary N) is 1. The number of rotatable bonds is 1. The summed E-state index contributed by atoms with van der Waals surface area (Å²) in [6.45, 7) is 5.86. The summed E-state index contributed by atoms with van der Waals surface area (Å²) in [7, 11) is 0. The number of nitrogens with zero attached hydrogens (tertiary/aromatic N) is 4. The molecule has 0 aliphatic carbocycles. The van der Waals surface area contributed by atoms with Crippen LogP contribution in [0, 0.1) is 6.92 Å². The zero-order valence-corrected chi connectivity index (χ0v) is 10.7. The van der Waals surface area contributed by atoms with Gasteiger partial charge < -0.3 is 0 Å². The van der Waals surface area contributed by atoms with Crippen molar-refractivity contribution in [1.82, 2.24) is 25.1 Å². The lowest BCUT2D eigenvalue weighted by Gasteiger charge is -1.96. The Kier molecular flexibility index (Phi) is 3.62. The Hall–Kier alpha value is -2.30. The highest BCUT2D eigenvalue weighted by atomic mass is 15.1. The van der Waals surface area contributed by atoms with Crippen molar-refractivity contribution in [2.24, 2.45) is 0 Å². The van der Waals surface area contributed by atoms with E-state index in [1.165, 1.54) is 0 Å². The largest absolute Gasteiger partial charge is 0.274 e. The number of aromatic nitrogens is 5. The molecule has 3 aromatic rings. The van der Waals surface area contributed by atoms with Crippen molar-refractivity contribution in [2.45, 2.75) is 20.8 Å². The predicted octanol–water partition coefficient (Wildman–Crippen LogP) is 2.75. The highest BCUT2D eigenvalue weighted by Crippen LogP contribution is 2.23. The first-order valence-corrected chi connectivity index (χ1v) is 5.93. The van der Waals surface area contributed by atoms with E-state index in [0.29, 0.717) is 0 Å². The van der Waals surface area contributed by atoms with Gasteiger partial charge in [0.05, 0.1) is 6.20 Å². The van der Waals surface area contributed by atoms with E-state index in [9.17, 15) is 0 Å². The van der Waals surface area contributed by atoms with Crippen LogP contribution in [0.3, 0.4) is 0 Å². The van der Waals surface area contributed by atoms with E-state index in [4.69, 9.17) is 0 Å². The number of pyridine rings is 1. The van der Waals surface area contributed by atoms with E-state index >= 15 is 0 Å². The molecule has 0 aromatic carbocycles. The quantitative estimate of drug-likeness (QED) is 0.711. The van der Waals surface area contributed by atoms with Crippen LogP contribution in [-0.2, 0) is 0 Å². The molecule has 3 aromatic heterocycles. The molecule has 0 aliphatic heterocycles. The molecule has 0 spiro atoms. The average Bonchev–Trinajstić information content (AvgIpc) is 2.85. The summed E-state index contributed by atoms with van der Waals surface area (Å²) in [4.78, 5) is 12.5. The minimum Gasteiger partial charge on any atom is -0.274 e. The van der Waals surface area contributed by atoms with Crippen molar-refractivity contribution >= 4 is 11.0 Å². The molecule has 0 saturated carbocycles. The minimum absolute atomic E-state index is 0.740. The first-order chi connectivity index (χ1) is 8.84. The number of hydrogen-bond donors (Lipinski definition) is 1. The van der Waals surface area contributed by atoms with Gasteiger partial charge in [-0.3, -0.25) is 10.1 Å². The van der Waals surface area contributed by atoms with Crippen LogP contribution in [0.4, 0.5) is 0 Å². The lowest BCUT2D eigenvalue weighted by molar-refractivity contribution is 1.08. The molecule has 0 atom stereocenters. The van der Waals surface area contributed by atoms with E-state index in [-0.39, 0.29) is 0 Å². The number of aryl methyl sites for hydroxylation is 1. The molecule has 3 heterocycles. The van der Waals surface area contributed by atoms with E-state index in [2.05, 4.69) is 25.1 Å². The third kappa shape index (κ3) is 2.20. The van der Waals surface area contributed by atoms with Gasteiger partial charge in [0, 0.05) is 18.0 Å². The zero-order chi connectivity index (χ0) is 13.0. The lowest BCUT2D eigenvalue weighted by atomic mass is 10.2. The smallest absolute Gasteiger partial charge is 0.126 e. The third-order valence-corrected chi connectivity index (χ3v) is 2.38. The molecule has 1 N–H and O–H groups in total. The van der Waals surface area contributed by atoms with Crippen molar-refractivity contribution in [3.8, 4) is 11.3 Å². The number of fused-ring (bicyclic) bond motifs is 1. The summed E-state index contributed by atoms with van der Waals surface area (Å²) < 4.78 is 0. The Labute approximate surface area is 105 Å². The Balaban J connectivity index is 0.000000574. The van der Waals surface area contributed by atoms with Crippen molar-refractivity contribution in [2.75, 3.05) is 0 Å². The summed E-state index contributed by atoms with van der Waals surface area (Å²) in [6.07, 6.45) is 5.23. The standard InChI is InChI=1S/C11H9N5.C2H6/c1-7-13-6-9-11(14-7)10(16-15-9)8-2-4-12-5-3-8;1-2/h2-6H,1H3,(H,15,16);1-2H3. The van der Waals surface area contributed by atoms with Gasteiger partial charge in [0.15, 0.2) is 0 Å². The molecular weight excluding hydrogens is 226 g/mol. The van der Waals surface area contributed by atoms with Gasteiger partial charge in [-0.25, -0.2) is 9.97 Å². The average molecular weight is 241 g/mol. The van der Waals surface area contributed by atoms with Crippen molar-refractivity contribution < 1.29 is 0 Å². The number of H-pyrrole nitrogens is 1. The fourth-order valence-electron chi connectivity index (χ4n) is 1.61. The Bertz CT molecular complexity index is 630. The molecular formula is C13H15N5. The molecule has 0 amide bonds. The molecule has 5 nitrogen and oxygen atoms in total. The first kappa shape index (κ1) is 12.2. The second kappa shape index (κ2) is 5.35. The zero-order valence-electron chi connectivity index (χ0n) is 10.7. The molecule has 5 heteroatoms. The maximum Gasteiger partial charge on any atom is 0.126 e. The van der Waals surface area contributed by atoms with Crippen molar-refractivity contribution in [3.05, 3.63) is 36.5 Å². The van der Waals surface area contributed by atoms with Crippen LogP contribution in [0.25, 0.3) is 22.3 Å². The van der Waals surface area contributed by atoms with Gasteiger partial charge in [-0.1, -0.05) is 13.8 Å². The maximum absolute atomic E-state index is 4.39. The molecule has 92 valence electrons. The van der Waals surface area contributed by atoms with Gasteiger partial charge >= 0.3 is 0 Å². The minimum atomic E-state index is 0.740. The summed E-state index contributed by atoms with van der Waals surface area (Å²) in [5.74, 6) is 0.740. The van der Waals surface area contributed by atoms with Crippen LogP contribution in [0.2, 0.25) is 0 Å². The van der Waals surface area contributed by atoms with Crippen molar-refractivity contribution in [1.29, 1.82) is 0 Å². The predicted molar refractivity (Wildman–Crippen MR) is 71.0 cm³/mol. The highest BCUT2D eigenvalue weighted by molar-refractivity contribution is 5.88. The van der Waals surface area contributed by atoms with E-state index in [0.717, 1.165) is 28.1 Å². The Morgan fingerprint density at radius 1 is 1.11 bits per heavy atom.